The molecule has 9 heavy (non-hydrogen) atoms. The number of nitrogen functional groups attached to an aromatic ring is 1. The molecule has 0 aliphatic heterocycles. The average molecular weight is 123 g/mol. The van der Waals surface area contributed by atoms with Gasteiger partial charge in [-0.25, -0.2) is 0 Å². The molecule has 4 N–H and O–H groups in total. The Morgan fingerprint density at radius 3 is 2.56 bits per heavy atom. The lowest BCUT2D eigenvalue weighted by Crippen LogP contribution is -1.83. The van der Waals surface area contributed by atoms with Gasteiger partial charge >= 0.3 is 0 Å². The van der Waals surface area contributed by atoms with Crippen molar-refractivity contribution in [3.8, 4) is 5.75 Å². The quantitative estimate of drug-likeness (QED) is 0.305. The van der Waals surface area contributed by atoms with Gasteiger partial charge in [0.25, 0.3) is 0 Å². The molecule has 0 aliphatic carbocycles. The summed E-state index contributed by atoms with van der Waals surface area (Å²) in [5, 5.41) is 8.80. The molecule has 1 aromatic carbocycles. The molecule has 3 heteroatoms. The second-order valence-corrected chi connectivity index (χ2v) is 1.78. The van der Waals surface area contributed by atoms with E-state index < -0.39 is 0 Å². The van der Waals surface area contributed by atoms with E-state index in [9.17, 15) is 0 Å². The van der Waals surface area contributed by atoms with Crippen LogP contribution in [0.3, 0.4) is 0 Å². The van der Waals surface area contributed by atoms with Gasteiger partial charge in [0.2, 0.25) is 0 Å². The Kier molecular flexibility index (Phi) is 1.18. The summed E-state index contributed by atoms with van der Waals surface area (Å²) in [5.41, 5.74) is 12.9. The SMILES string of the molecule is [NH]c1cc(N)ccc1O. The van der Waals surface area contributed by atoms with Crippen molar-refractivity contribution >= 4 is 11.4 Å². The molecule has 0 saturated heterocycles. The summed E-state index contributed by atoms with van der Waals surface area (Å²) in [5.74, 6) is -0.0378. The molecule has 0 aliphatic rings. The van der Waals surface area contributed by atoms with Gasteiger partial charge in [0.15, 0.2) is 0 Å². The predicted octanol–water partition coefficient (Wildman–Crippen LogP) is 0.889. The number of hydrogen-bond acceptors (Lipinski definition) is 2. The normalized spacial score (nSPS) is 9.33. The van der Waals surface area contributed by atoms with Crippen molar-refractivity contribution in [2.75, 3.05) is 5.73 Å². The predicted molar refractivity (Wildman–Crippen MR) is 35.3 cm³/mol. The van der Waals surface area contributed by atoms with E-state index in [0.717, 1.165) is 0 Å². The van der Waals surface area contributed by atoms with E-state index in [1.54, 1.807) is 6.07 Å². The van der Waals surface area contributed by atoms with E-state index in [1.165, 1.54) is 12.1 Å². The zero-order valence-electron chi connectivity index (χ0n) is 4.76. The van der Waals surface area contributed by atoms with Crippen molar-refractivity contribution in [1.82, 2.24) is 5.73 Å². The monoisotopic (exact) mass is 123 g/mol. The Labute approximate surface area is 52.9 Å². The number of phenols is 1. The number of benzene rings is 1. The van der Waals surface area contributed by atoms with Gasteiger partial charge in [-0.3, -0.25) is 5.73 Å². The van der Waals surface area contributed by atoms with Gasteiger partial charge in [0.05, 0.1) is 5.69 Å². The summed E-state index contributed by atoms with van der Waals surface area (Å²) in [7, 11) is 0. The van der Waals surface area contributed by atoms with Crippen LogP contribution in [0.15, 0.2) is 18.2 Å². The second-order valence-electron chi connectivity index (χ2n) is 1.78. The maximum Gasteiger partial charge on any atom is 0.140 e. The van der Waals surface area contributed by atoms with E-state index in [0.29, 0.717) is 5.69 Å². The minimum atomic E-state index is -0.0378. The fourth-order valence-corrected chi connectivity index (χ4v) is 0.554. The summed E-state index contributed by atoms with van der Waals surface area (Å²) in [6.45, 7) is 0. The van der Waals surface area contributed by atoms with E-state index in [2.05, 4.69) is 0 Å². The molecule has 1 radical (unpaired) electrons. The third-order valence-corrected chi connectivity index (χ3v) is 1.02. The van der Waals surface area contributed by atoms with Crippen molar-refractivity contribution in [1.29, 1.82) is 0 Å². The molecule has 0 atom stereocenters. The van der Waals surface area contributed by atoms with Crippen molar-refractivity contribution in [2.45, 2.75) is 0 Å². The van der Waals surface area contributed by atoms with Crippen LogP contribution in [0.1, 0.15) is 0 Å². The second kappa shape index (κ2) is 1.85. The maximum atomic E-state index is 8.80. The van der Waals surface area contributed by atoms with Crippen LogP contribution in [0.5, 0.6) is 5.75 Å². The average Bonchev–Trinajstić information content (AvgIpc) is 1.80. The van der Waals surface area contributed by atoms with Gasteiger partial charge in [0.1, 0.15) is 5.75 Å². The summed E-state index contributed by atoms with van der Waals surface area (Å²) >= 11 is 0. The first-order valence-electron chi connectivity index (χ1n) is 2.50. The van der Waals surface area contributed by atoms with Gasteiger partial charge in [-0.05, 0) is 18.2 Å². The highest BCUT2D eigenvalue weighted by Crippen LogP contribution is 2.22. The van der Waals surface area contributed by atoms with E-state index >= 15 is 0 Å². The molecular formula is C6H7N2O. The Morgan fingerprint density at radius 2 is 2.11 bits per heavy atom. The number of aromatic hydroxyl groups is 1. The largest absolute Gasteiger partial charge is 0.506 e. The van der Waals surface area contributed by atoms with Gasteiger partial charge in [-0.1, -0.05) is 0 Å². The van der Waals surface area contributed by atoms with Crippen LogP contribution in [-0.4, -0.2) is 5.11 Å². The topological polar surface area (TPSA) is 70.0 Å². The lowest BCUT2D eigenvalue weighted by molar-refractivity contribution is 0.476. The minimum Gasteiger partial charge on any atom is -0.506 e. The third-order valence-electron chi connectivity index (χ3n) is 1.02. The lowest BCUT2D eigenvalue weighted by atomic mass is 10.3. The van der Waals surface area contributed by atoms with Crippen LogP contribution >= 0.6 is 0 Å². The zero-order valence-corrected chi connectivity index (χ0v) is 4.76. The molecule has 47 valence electrons. The van der Waals surface area contributed by atoms with E-state index in [4.69, 9.17) is 16.6 Å². The van der Waals surface area contributed by atoms with E-state index in [-0.39, 0.29) is 11.4 Å². The summed E-state index contributed by atoms with van der Waals surface area (Å²) in [4.78, 5) is 0. The highest BCUT2D eigenvalue weighted by molar-refractivity contribution is 5.57. The third kappa shape index (κ3) is 1.05. The molecule has 0 fully saturated rings. The molecule has 1 rings (SSSR count). The van der Waals surface area contributed by atoms with Gasteiger partial charge in [0, 0.05) is 5.69 Å². The Balaban J connectivity index is 3.17. The number of hydrogen-bond donors (Lipinski definition) is 2. The van der Waals surface area contributed by atoms with Crippen molar-refractivity contribution in [3.63, 3.8) is 0 Å². The van der Waals surface area contributed by atoms with Crippen LogP contribution in [0, 0.1) is 0 Å². The Bertz CT molecular complexity index is 222. The zero-order chi connectivity index (χ0) is 6.85. The van der Waals surface area contributed by atoms with Gasteiger partial charge in [-0.2, -0.15) is 0 Å². The number of rotatable bonds is 0. The minimum absolute atomic E-state index is 0.0378. The number of anilines is 1. The Hall–Kier alpha value is -1.38. The molecule has 0 aromatic heterocycles. The number of nitrogens with one attached hydrogen (secondary N) is 1. The number of phenolic OH excluding ortho intramolecular Hbond substituents is 1. The molecular weight excluding hydrogens is 116 g/mol. The number of nitrogens with two attached hydrogens (primary N) is 1. The molecule has 0 spiro atoms. The van der Waals surface area contributed by atoms with Gasteiger partial charge in [-0.15, -0.1) is 0 Å². The summed E-state index contributed by atoms with van der Waals surface area (Å²) < 4.78 is 0. The smallest absolute Gasteiger partial charge is 0.140 e. The molecule has 1 aromatic rings. The first-order chi connectivity index (χ1) is 4.20. The van der Waals surface area contributed by atoms with Crippen molar-refractivity contribution < 1.29 is 5.11 Å². The fraction of sp³-hybridized carbons (Fsp3) is 0. The highest BCUT2D eigenvalue weighted by atomic mass is 16.3. The van der Waals surface area contributed by atoms with Crippen LogP contribution in [0.2, 0.25) is 0 Å². The van der Waals surface area contributed by atoms with Crippen LogP contribution in [-0.2, 0) is 0 Å². The first kappa shape index (κ1) is 5.75. The molecule has 0 heterocycles. The van der Waals surface area contributed by atoms with E-state index in [1.807, 2.05) is 0 Å². The van der Waals surface area contributed by atoms with Crippen LogP contribution in [0.4, 0.5) is 11.4 Å². The molecule has 0 bridgehead atoms. The first-order valence-corrected chi connectivity index (χ1v) is 2.50. The molecule has 0 saturated carbocycles. The van der Waals surface area contributed by atoms with Crippen LogP contribution in [0.25, 0.3) is 0 Å². The summed E-state index contributed by atoms with van der Waals surface area (Å²) in [6, 6.07) is 4.35. The van der Waals surface area contributed by atoms with Crippen LogP contribution < -0.4 is 11.5 Å². The molecule has 3 nitrogen and oxygen atoms in total. The van der Waals surface area contributed by atoms with Crippen molar-refractivity contribution in [2.24, 2.45) is 0 Å². The fourth-order valence-electron chi connectivity index (χ4n) is 0.554. The van der Waals surface area contributed by atoms with Crippen molar-refractivity contribution in [3.05, 3.63) is 18.2 Å². The summed E-state index contributed by atoms with van der Waals surface area (Å²) in [6.07, 6.45) is 0. The van der Waals surface area contributed by atoms with Gasteiger partial charge < -0.3 is 10.8 Å². The molecule has 0 amide bonds. The molecule has 0 unspecified atom stereocenters. The Morgan fingerprint density at radius 1 is 1.44 bits per heavy atom. The highest BCUT2D eigenvalue weighted by Gasteiger charge is 1.94. The maximum absolute atomic E-state index is 8.80. The lowest BCUT2D eigenvalue weighted by Gasteiger charge is -1.96. The standard InChI is InChI=1S/C6H7N2O/c7-4-1-2-6(9)5(8)3-4/h1-3,8-9H,7H2.